The molecular formula is C18H20ClNO2. The van der Waals surface area contributed by atoms with Gasteiger partial charge in [-0.2, -0.15) is 0 Å². The summed E-state index contributed by atoms with van der Waals surface area (Å²) in [6, 6.07) is 12.4. The first-order valence-corrected chi connectivity index (χ1v) is 7.73. The Morgan fingerprint density at radius 3 is 2.41 bits per heavy atom. The molecule has 2 aromatic carbocycles. The van der Waals surface area contributed by atoms with Crippen molar-refractivity contribution in [2.45, 2.75) is 26.1 Å². The summed E-state index contributed by atoms with van der Waals surface area (Å²) in [6.07, 6.45) is 0. The van der Waals surface area contributed by atoms with Gasteiger partial charge in [-0.1, -0.05) is 23.7 Å². The minimum absolute atomic E-state index is 0.320. The highest BCUT2D eigenvalue weighted by atomic mass is 35.5. The molecule has 0 aliphatic carbocycles. The molecule has 1 aliphatic heterocycles. The second-order valence-corrected chi connectivity index (χ2v) is 6.04. The van der Waals surface area contributed by atoms with Crippen LogP contribution in [-0.4, -0.2) is 19.1 Å². The van der Waals surface area contributed by atoms with E-state index in [0.717, 1.165) is 29.6 Å². The molecule has 0 radical (unpaired) electrons. The topological polar surface area (TPSA) is 21.7 Å². The number of ether oxygens (including phenoxy) is 2. The van der Waals surface area contributed by atoms with E-state index >= 15 is 0 Å². The second-order valence-electron chi connectivity index (χ2n) is 5.60. The number of methoxy groups -OCH3 is 2. The van der Waals surface area contributed by atoms with E-state index in [1.54, 1.807) is 14.2 Å². The summed E-state index contributed by atoms with van der Waals surface area (Å²) in [4.78, 5) is 2.43. The summed E-state index contributed by atoms with van der Waals surface area (Å²) in [6.45, 7) is 4.00. The fourth-order valence-electron chi connectivity index (χ4n) is 3.00. The first-order valence-electron chi connectivity index (χ1n) is 7.35. The van der Waals surface area contributed by atoms with E-state index in [1.165, 1.54) is 16.7 Å². The molecule has 1 heterocycles. The van der Waals surface area contributed by atoms with Gasteiger partial charge >= 0.3 is 0 Å². The predicted octanol–water partition coefficient (Wildman–Crippen LogP) is 4.43. The van der Waals surface area contributed by atoms with Gasteiger partial charge in [-0.05, 0) is 36.2 Å². The van der Waals surface area contributed by atoms with Crippen LogP contribution in [0.3, 0.4) is 0 Å². The molecule has 1 unspecified atom stereocenters. The normalized spacial score (nSPS) is 15.5. The van der Waals surface area contributed by atoms with Crippen molar-refractivity contribution in [3.63, 3.8) is 0 Å². The van der Waals surface area contributed by atoms with Gasteiger partial charge in [0.25, 0.3) is 0 Å². The Morgan fingerprint density at radius 1 is 1.05 bits per heavy atom. The van der Waals surface area contributed by atoms with Crippen molar-refractivity contribution >= 4 is 11.6 Å². The van der Waals surface area contributed by atoms with Gasteiger partial charge in [-0.15, -0.1) is 0 Å². The van der Waals surface area contributed by atoms with Gasteiger partial charge in [0.2, 0.25) is 0 Å². The lowest BCUT2D eigenvalue weighted by molar-refractivity contribution is 0.213. The van der Waals surface area contributed by atoms with E-state index in [1.807, 2.05) is 18.2 Å². The number of nitrogens with zero attached hydrogens (tertiary/aromatic N) is 1. The van der Waals surface area contributed by atoms with Crippen LogP contribution in [0.15, 0.2) is 36.4 Å². The summed E-state index contributed by atoms with van der Waals surface area (Å²) in [5.74, 6) is 1.75. The lowest BCUT2D eigenvalue weighted by atomic mass is 10.1. The number of hydrogen-bond acceptors (Lipinski definition) is 3. The third-order valence-electron chi connectivity index (χ3n) is 4.37. The molecule has 0 fully saturated rings. The van der Waals surface area contributed by atoms with Crippen LogP contribution in [0.4, 0.5) is 0 Å². The summed E-state index contributed by atoms with van der Waals surface area (Å²) in [5.41, 5.74) is 3.80. The first-order chi connectivity index (χ1) is 10.6. The average Bonchev–Trinajstić information content (AvgIpc) is 2.97. The zero-order valence-electron chi connectivity index (χ0n) is 13.1. The molecule has 0 saturated carbocycles. The maximum absolute atomic E-state index is 5.98. The molecular weight excluding hydrogens is 298 g/mol. The Bertz CT molecular complexity index is 670. The number of halogens is 1. The first kappa shape index (κ1) is 15.2. The van der Waals surface area contributed by atoms with Crippen molar-refractivity contribution in [1.29, 1.82) is 0 Å². The van der Waals surface area contributed by atoms with Crippen LogP contribution in [0, 0.1) is 0 Å². The van der Waals surface area contributed by atoms with E-state index in [9.17, 15) is 0 Å². The van der Waals surface area contributed by atoms with Crippen LogP contribution >= 0.6 is 11.6 Å². The van der Waals surface area contributed by atoms with Gasteiger partial charge in [0.15, 0.2) is 0 Å². The van der Waals surface area contributed by atoms with Crippen molar-refractivity contribution < 1.29 is 9.47 Å². The average molecular weight is 318 g/mol. The lowest BCUT2D eigenvalue weighted by Crippen LogP contribution is -2.20. The molecule has 0 bridgehead atoms. The molecule has 0 spiro atoms. The lowest BCUT2D eigenvalue weighted by Gasteiger charge is -2.24. The minimum atomic E-state index is 0.320. The molecule has 22 heavy (non-hydrogen) atoms. The van der Waals surface area contributed by atoms with Gasteiger partial charge in [0.1, 0.15) is 11.5 Å². The highest BCUT2D eigenvalue weighted by Gasteiger charge is 2.27. The maximum atomic E-state index is 5.98. The third-order valence-corrected chi connectivity index (χ3v) is 4.62. The SMILES string of the molecule is COc1cc2c(c(OC)c1)CN(C(C)c1ccc(Cl)cc1)C2. The summed E-state index contributed by atoms with van der Waals surface area (Å²) in [7, 11) is 3.39. The quantitative estimate of drug-likeness (QED) is 0.832. The summed E-state index contributed by atoms with van der Waals surface area (Å²) >= 11 is 5.98. The Hall–Kier alpha value is -1.71. The van der Waals surface area contributed by atoms with Gasteiger partial charge in [0.05, 0.1) is 14.2 Å². The molecule has 3 nitrogen and oxygen atoms in total. The molecule has 1 atom stereocenters. The zero-order chi connectivity index (χ0) is 15.7. The molecule has 0 saturated heterocycles. The third kappa shape index (κ3) is 2.79. The highest BCUT2D eigenvalue weighted by molar-refractivity contribution is 6.30. The minimum Gasteiger partial charge on any atom is -0.497 e. The van der Waals surface area contributed by atoms with Crippen molar-refractivity contribution in [2.24, 2.45) is 0 Å². The maximum Gasteiger partial charge on any atom is 0.127 e. The van der Waals surface area contributed by atoms with Crippen molar-refractivity contribution in [2.75, 3.05) is 14.2 Å². The van der Waals surface area contributed by atoms with Crippen LogP contribution in [0.25, 0.3) is 0 Å². The summed E-state index contributed by atoms with van der Waals surface area (Å²) < 4.78 is 10.9. The molecule has 3 rings (SSSR count). The van der Waals surface area contributed by atoms with Crippen LogP contribution < -0.4 is 9.47 Å². The zero-order valence-corrected chi connectivity index (χ0v) is 13.9. The number of hydrogen-bond donors (Lipinski definition) is 0. The summed E-state index contributed by atoms with van der Waals surface area (Å²) in [5, 5.41) is 0.770. The van der Waals surface area contributed by atoms with Crippen LogP contribution in [0.1, 0.15) is 29.7 Å². The molecule has 0 aromatic heterocycles. The van der Waals surface area contributed by atoms with Gasteiger partial charge in [-0.3, -0.25) is 4.90 Å². The van der Waals surface area contributed by atoms with Gasteiger partial charge < -0.3 is 9.47 Å². The smallest absolute Gasteiger partial charge is 0.127 e. The molecule has 0 amide bonds. The Morgan fingerprint density at radius 2 is 1.77 bits per heavy atom. The Labute approximate surface area is 136 Å². The number of rotatable bonds is 4. The monoisotopic (exact) mass is 317 g/mol. The Balaban J connectivity index is 1.86. The molecule has 116 valence electrons. The second kappa shape index (κ2) is 6.19. The molecule has 1 aliphatic rings. The highest BCUT2D eigenvalue weighted by Crippen LogP contribution is 2.38. The van der Waals surface area contributed by atoms with E-state index in [4.69, 9.17) is 21.1 Å². The van der Waals surface area contributed by atoms with Gasteiger partial charge in [-0.25, -0.2) is 0 Å². The standard InChI is InChI=1S/C18H20ClNO2/c1-12(13-4-6-15(19)7-5-13)20-10-14-8-16(21-2)9-18(22-3)17(14)11-20/h4-9,12H,10-11H2,1-3H3. The number of benzene rings is 2. The van der Waals surface area contributed by atoms with E-state index in [0.29, 0.717) is 6.04 Å². The van der Waals surface area contributed by atoms with Crippen LogP contribution in [0.2, 0.25) is 5.02 Å². The largest absolute Gasteiger partial charge is 0.497 e. The van der Waals surface area contributed by atoms with E-state index < -0.39 is 0 Å². The van der Waals surface area contributed by atoms with E-state index in [2.05, 4.69) is 30.0 Å². The van der Waals surface area contributed by atoms with E-state index in [-0.39, 0.29) is 0 Å². The predicted molar refractivity (Wildman–Crippen MR) is 88.7 cm³/mol. The van der Waals surface area contributed by atoms with Crippen LogP contribution in [-0.2, 0) is 13.1 Å². The van der Waals surface area contributed by atoms with Crippen LogP contribution in [0.5, 0.6) is 11.5 Å². The van der Waals surface area contributed by atoms with Crippen molar-refractivity contribution in [3.8, 4) is 11.5 Å². The molecule has 4 heteroatoms. The molecule has 2 aromatic rings. The van der Waals surface area contributed by atoms with Crippen molar-refractivity contribution in [1.82, 2.24) is 4.90 Å². The van der Waals surface area contributed by atoms with Gasteiger partial charge in [0, 0.05) is 35.8 Å². The fourth-order valence-corrected chi connectivity index (χ4v) is 3.13. The fraction of sp³-hybridized carbons (Fsp3) is 0.333. The Kier molecular flexibility index (Phi) is 4.27. The van der Waals surface area contributed by atoms with Crippen molar-refractivity contribution in [3.05, 3.63) is 58.1 Å². The molecule has 0 N–H and O–H groups in total. The number of fused-ring (bicyclic) bond motifs is 1.